The molecule has 9 heteroatoms. The SMILES string of the molecule is Cc1ccc(C)c(S(=O)(=O)Nc2ccc(C(=O)N3CCN(c4ncccc4Cl)CC3)cc2)c1. The number of benzene rings is 2. The molecular formula is C24H25ClN4O3S. The number of nitrogens with one attached hydrogen (secondary N) is 1. The summed E-state index contributed by atoms with van der Waals surface area (Å²) in [7, 11) is -3.72. The van der Waals surface area contributed by atoms with E-state index >= 15 is 0 Å². The first kappa shape index (κ1) is 23.1. The highest BCUT2D eigenvalue weighted by Gasteiger charge is 2.24. The van der Waals surface area contributed by atoms with E-state index in [1.807, 2.05) is 13.0 Å². The van der Waals surface area contributed by atoms with Crippen LogP contribution in [0.3, 0.4) is 0 Å². The Morgan fingerprint density at radius 1 is 1.00 bits per heavy atom. The average molecular weight is 485 g/mol. The van der Waals surface area contributed by atoms with Gasteiger partial charge in [-0.1, -0.05) is 23.7 Å². The number of anilines is 2. The lowest BCUT2D eigenvalue weighted by atomic mass is 10.1. The molecule has 0 atom stereocenters. The molecule has 1 saturated heterocycles. The quantitative estimate of drug-likeness (QED) is 0.589. The Bertz CT molecular complexity index is 1270. The molecule has 3 aromatic rings. The van der Waals surface area contributed by atoms with Crippen molar-refractivity contribution in [2.24, 2.45) is 0 Å². The Labute approximate surface area is 199 Å². The molecule has 7 nitrogen and oxygen atoms in total. The van der Waals surface area contributed by atoms with Crippen molar-refractivity contribution in [1.82, 2.24) is 9.88 Å². The number of amides is 1. The van der Waals surface area contributed by atoms with E-state index in [4.69, 9.17) is 11.6 Å². The molecule has 0 saturated carbocycles. The Balaban J connectivity index is 1.41. The predicted molar refractivity (Wildman–Crippen MR) is 131 cm³/mol. The topological polar surface area (TPSA) is 82.6 Å². The second kappa shape index (κ2) is 9.41. The van der Waals surface area contributed by atoms with E-state index in [0.717, 1.165) is 11.4 Å². The fourth-order valence-corrected chi connectivity index (χ4v) is 5.43. The lowest BCUT2D eigenvalue weighted by Crippen LogP contribution is -2.49. The van der Waals surface area contributed by atoms with Crippen molar-refractivity contribution >= 4 is 39.0 Å². The summed E-state index contributed by atoms with van der Waals surface area (Å²) in [6, 6.07) is 15.4. The fraction of sp³-hybridized carbons (Fsp3) is 0.250. The number of nitrogens with zero attached hydrogens (tertiary/aromatic N) is 3. The maximum absolute atomic E-state index is 12.9. The number of halogens is 1. The number of sulfonamides is 1. The van der Waals surface area contributed by atoms with Crippen LogP contribution in [-0.4, -0.2) is 50.4 Å². The minimum Gasteiger partial charge on any atom is -0.352 e. The van der Waals surface area contributed by atoms with E-state index in [0.29, 0.717) is 48.0 Å². The van der Waals surface area contributed by atoms with Crippen molar-refractivity contribution in [2.75, 3.05) is 35.8 Å². The second-order valence-electron chi connectivity index (χ2n) is 8.04. The van der Waals surface area contributed by atoms with E-state index in [1.54, 1.807) is 66.6 Å². The van der Waals surface area contributed by atoms with Crippen LogP contribution in [0.25, 0.3) is 0 Å². The second-order valence-corrected chi connectivity index (χ2v) is 10.1. The minimum atomic E-state index is -3.72. The predicted octanol–water partition coefficient (Wildman–Crippen LogP) is 4.12. The van der Waals surface area contributed by atoms with Gasteiger partial charge in [0.1, 0.15) is 5.82 Å². The molecule has 0 aliphatic carbocycles. The number of hydrogen-bond acceptors (Lipinski definition) is 5. The first-order valence-corrected chi connectivity index (χ1v) is 12.5. The van der Waals surface area contributed by atoms with Crippen LogP contribution in [0, 0.1) is 13.8 Å². The highest BCUT2D eigenvalue weighted by molar-refractivity contribution is 7.92. The number of aromatic nitrogens is 1. The van der Waals surface area contributed by atoms with E-state index < -0.39 is 10.0 Å². The van der Waals surface area contributed by atoms with Crippen LogP contribution >= 0.6 is 11.6 Å². The number of aryl methyl sites for hydroxylation is 2. The van der Waals surface area contributed by atoms with Crippen molar-refractivity contribution in [1.29, 1.82) is 0 Å². The van der Waals surface area contributed by atoms with Crippen LogP contribution in [0.15, 0.2) is 65.7 Å². The zero-order valence-electron chi connectivity index (χ0n) is 18.5. The highest BCUT2D eigenvalue weighted by atomic mass is 35.5. The summed E-state index contributed by atoms with van der Waals surface area (Å²) in [5.41, 5.74) is 2.45. The standard InChI is InChI=1S/C24H25ClN4O3S/c1-17-5-6-18(2)22(16-17)33(31,32)27-20-9-7-19(8-10-20)24(30)29-14-12-28(13-15-29)23-21(25)4-3-11-26-23/h3-11,16,27H,12-15H2,1-2H3. The first-order chi connectivity index (χ1) is 15.7. The smallest absolute Gasteiger partial charge is 0.262 e. The van der Waals surface area contributed by atoms with Crippen molar-refractivity contribution in [3.05, 3.63) is 82.5 Å². The van der Waals surface area contributed by atoms with E-state index in [-0.39, 0.29) is 10.8 Å². The highest BCUT2D eigenvalue weighted by Crippen LogP contribution is 2.24. The van der Waals surface area contributed by atoms with Crippen LogP contribution in [-0.2, 0) is 10.0 Å². The first-order valence-electron chi connectivity index (χ1n) is 10.6. The fourth-order valence-electron chi connectivity index (χ4n) is 3.80. The van der Waals surface area contributed by atoms with E-state index in [1.165, 1.54) is 0 Å². The summed E-state index contributed by atoms with van der Waals surface area (Å²) in [5, 5.41) is 0.594. The summed E-state index contributed by atoms with van der Waals surface area (Å²) in [6.45, 7) is 5.98. The summed E-state index contributed by atoms with van der Waals surface area (Å²) < 4.78 is 28.2. The van der Waals surface area contributed by atoms with Gasteiger partial charge in [0.15, 0.2) is 0 Å². The molecule has 0 spiro atoms. The largest absolute Gasteiger partial charge is 0.352 e. The lowest BCUT2D eigenvalue weighted by molar-refractivity contribution is 0.0746. The molecule has 1 fully saturated rings. The maximum Gasteiger partial charge on any atom is 0.262 e. The van der Waals surface area contributed by atoms with E-state index in [2.05, 4.69) is 14.6 Å². The van der Waals surface area contributed by atoms with Crippen LogP contribution in [0.1, 0.15) is 21.5 Å². The van der Waals surface area contributed by atoms with Crippen molar-refractivity contribution in [2.45, 2.75) is 18.7 Å². The normalized spacial score (nSPS) is 14.3. The Hall–Kier alpha value is -3.10. The molecule has 1 aliphatic rings. The maximum atomic E-state index is 12.9. The number of piperazine rings is 1. The van der Waals surface area contributed by atoms with Crippen LogP contribution in [0.2, 0.25) is 5.02 Å². The molecular weight excluding hydrogens is 460 g/mol. The number of pyridine rings is 1. The van der Waals surface area contributed by atoms with Gasteiger partial charge in [-0.15, -0.1) is 0 Å². The van der Waals surface area contributed by atoms with Crippen molar-refractivity contribution < 1.29 is 13.2 Å². The number of carbonyl (C=O) groups is 1. The van der Waals surface area contributed by atoms with Crippen LogP contribution in [0.4, 0.5) is 11.5 Å². The van der Waals surface area contributed by atoms with Gasteiger partial charge in [0.05, 0.1) is 9.92 Å². The molecule has 2 aromatic carbocycles. The third-order valence-corrected chi connectivity index (χ3v) is 7.44. The molecule has 2 heterocycles. The Morgan fingerprint density at radius 2 is 1.70 bits per heavy atom. The average Bonchev–Trinajstić information content (AvgIpc) is 2.81. The number of hydrogen-bond donors (Lipinski definition) is 1. The van der Waals surface area contributed by atoms with Gasteiger partial charge in [-0.2, -0.15) is 0 Å². The summed E-state index contributed by atoms with van der Waals surface area (Å²) in [5.74, 6) is 0.637. The molecule has 1 N–H and O–H groups in total. The van der Waals surface area contributed by atoms with Gasteiger partial charge in [0, 0.05) is 43.6 Å². The molecule has 0 bridgehead atoms. The van der Waals surface area contributed by atoms with Crippen molar-refractivity contribution in [3.63, 3.8) is 0 Å². The van der Waals surface area contributed by atoms with Gasteiger partial charge in [0.2, 0.25) is 0 Å². The van der Waals surface area contributed by atoms with Gasteiger partial charge in [-0.25, -0.2) is 13.4 Å². The Kier molecular flexibility index (Phi) is 6.58. The molecule has 1 aromatic heterocycles. The third-order valence-electron chi connectivity index (χ3n) is 5.62. The molecule has 4 rings (SSSR count). The Morgan fingerprint density at radius 3 is 2.36 bits per heavy atom. The van der Waals surface area contributed by atoms with Gasteiger partial charge < -0.3 is 9.80 Å². The van der Waals surface area contributed by atoms with Gasteiger partial charge >= 0.3 is 0 Å². The van der Waals surface area contributed by atoms with Crippen LogP contribution < -0.4 is 9.62 Å². The van der Waals surface area contributed by atoms with Crippen LogP contribution in [0.5, 0.6) is 0 Å². The molecule has 0 unspecified atom stereocenters. The number of carbonyl (C=O) groups excluding carboxylic acids is 1. The lowest BCUT2D eigenvalue weighted by Gasteiger charge is -2.35. The molecule has 33 heavy (non-hydrogen) atoms. The zero-order chi connectivity index (χ0) is 23.6. The summed E-state index contributed by atoms with van der Waals surface area (Å²) in [6.07, 6.45) is 1.70. The third kappa shape index (κ3) is 5.12. The monoisotopic (exact) mass is 484 g/mol. The molecule has 172 valence electrons. The number of rotatable bonds is 5. The zero-order valence-corrected chi connectivity index (χ0v) is 20.0. The summed E-state index contributed by atoms with van der Waals surface area (Å²) >= 11 is 6.23. The van der Waals surface area contributed by atoms with E-state index in [9.17, 15) is 13.2 Å². The molecule has 1 amide bonds. The summed E-state index contributed by atoms with van der Waals surface area (Å²) in [4.78, 5) is 21.4. The minimum absolute atomic E-state index is 0.0919. The van der Waals surface area contributed by atoms with Gasteiger partial charge in [0.25, 0.3) is 15.9 Å². The molecule has 0 radical (unpaired) electrons. The van der Waals surface area contributed by atoms with Gasteiger partial charge in [-0.3, -0.25) is 9.52 Å². The van der Waals surface area contributed by atoms with Crippen molar-refractivity contribution in [3.8, 4) is 0 Å². The molecule has 1 aliphatic heterocycles. The van der Waals surface area contributed by atoms with Gasteiger partial charge in [-0.05, 0) is 67.4 Å².